The average molecular weight is 258 g/mol. The van der Waals surface area contributed by atoms with Crippen LogP contribution in [0.2, 0.25) is 5.02 Å². The van der Waals surface area contributed by atoms with Gasteiger partial charge in [0.1, 0.15) is 5.82 Å². The monoisotopic (exact) mass is 257 g/mol. The van der Waals surface area contributed by atoms with Crippen LogP contribution in [0.15, 0.2) is 18.2 Å². The van der Waals surface area contributed by atoms with Gasteiger partial charge in [0.15, 0.2) is 5.78 Å². The highest BCUT2D eigenvalue weighted by molar-refractivity contribution is 6.30. The molecule has 94 valence electrons. The van der Waals surface area contributed by atoms with Crippen molar-refractivity contribution in [3.8, 4) is 0 Å². The van der Waals surface area contributed by atoms with Crippen LogP contribution in [0.1, 0.15) is 26.3 Å². The molecule has 0 aliphatic carbocycles. The highest BCUT2D eigenvalue weighted by atomic mass is 35.5. The molecule has 17 heavy (non-hydrogen) atoms. The molecule has 0 aliphatic heterocycles. The zero-order valence-electron chi connectivity index (χ0n) is 10.3. The van der Waals surface area contributed by atoms with Gasteiger partial charge in [0.25, 0.3) is 0 Å². The topological polar surface area (TPSA) is 29.1 Å². The Bertz CT molecular complexity index is 418. The summed E-state index contributed by atoms with van der Waals surface area (Å²) in [6, 6.07) is 4.70. The van der Waals surface area contributed by atoms with E-state index in [1.54, 1.807) is 26.0 Å². The zero-order chi connectivity index (χ0) is 13.1. The number of rotatable bonds is 5. The minimum absolute atomic E-state index is 0.0480. The number of carbonyl (C=O) groups is 1. The van der Waals surface area contributed by atoms with Crippen molar-refractivity contribution >= 4 is 17.4 Å². The number of likely N-dealkylation sites (N-methyl/N-ethyl adjacent to an activating group) is 1. The molecule has 0 unspecified atom stereocenters. The van der Waals surface area contributed by atoms with Gasteiger partial charge in [0, 0.05) is 6.42 Å². The summed E-state index contributed by atoms with van der Waals surface area (Å²) in [7, 11) is 0. The maximum atomic E-state index is 13.6. The zero-order valence-corrected chi connectivity index (χ0v) is 11.1. The standard InChI is InChI=1S/C13H17ClFNO/c1-4-16-13(2,3)11(17)8-9-6-5-7-10(14)12(9)15/h5-7,16H,4,8H2,1-3H3. The van der Waals surface area contributed by atoms with Gasteiger partial charge in [-0.1, -0.05) is 30.7 Å². The number of nitrogens with one attached hydrogen (secondary N) is 1. The number of ketones is 1. The van der Waals surface area contributed by atoms with E-state index >= 15 is 0 Å². The summed E-state index contributed by atoms with van der Waals surface area (Å²) in [5.74, 6) is -0.560. The van der Waals surface area contributed by atoms with E-state index in [-0.39, 0.29) is 17.2 Å². The molecule has 0 saturated carbocycles. The molecule has 0 aliphatic rings. The van der Waals surface area contributed by atoms with Crippen molar-refractivity contribution in [2.24, 2.45) is 0 Å². The van der Waals surface area contributed by atoms with E-state index in [0.29, 0.717) is 12.1 Å². The quantitative estimate of drug-likeness (QED) is 0.879. The number of Topliss-reactive ketones (excluding diaryl/α,β-unsaturated/α-hetero) is 1. The molecule has 0 atom stereocenters. The van der Waals surface area contributed by atoms with Crippen LogP contribution >= 0.6 is 11.6 Å². The molecule has 4 heteroatoms. The maximum Gasteiger partial charge on any atom is 0.156 e. The van der Waals surface area contributed by atoms with Crippen LogP contribution in [-0.4, -0.2) is 17.9 Å². The molecule has 0 amide bonds. The van der Waals surface area contributed by atoms with Gasteiger partial charge in [-0.15, -0.1) is 0 Å². The summed E-state index contributed by atoms with van der Waals surface area (Å²) in [4.78, 5) is 12.0. The Morgan fingerprint density at radius 2 is 2.12 bits per heavy atom. The predicted octanol–water partition coefficient (Wildman–Crippen LogP) is 2.98. The van der Waals surface area contributed by atoms with Gasteiger partial charge < -0.3 is 5.32 Å². The highest BCUT2D eigenvalue weighted by Crippen LogP contribution is 2.20. The van der Waals surface area contributed by atoms with Crippen LogP contribution in [0.5, 0.6) is 0 Å². The van der Waals surface area contributed by atoms with Gasteiger partial charge >= 0.3 is 0 Å². The van der Waals surface area contributed by atoms with E-state index in [4.69, 9.17) is 11.6 Å². The van der Waals surface area contributed by atoms with Gasteiger partial charge in [-0.25, -0.2) is 4.39 Å². The maximum absolute atomic E-state index is 13.6. The van der Waals surface area contributed by atoms with Crippen LogP contribution in [0.4, 0.5) is 4.39 Å². The Labute approximate surface area is 106 Å². The number of carbonyl (C=O) groups excluding carboxylic acids is 1. The molecule has 0 heterocycles. The molecule has 1 rings (SSSR count). The fourth-order valence-electron chi connectivity index (χ4n) is 1.62. The summed E-state index contributed by atoms with van der Waals surface area (Å²) in [5.41, 5.74) is -0.308. The molecule has 2 nitrogen and oxygen atoms in total. The van der Waals surface area contributed by atoms with Gasteiger partial charge in [0.2, 0.25) is 0 Å². The SMILES string of the molecule is CCNC(C)(C)C(=O)Cc1cccc(Cl)c1F. The van der Waals surface area contributed by atoms with Gasteiger partial charge in [-0.2, -0.15) is 0 Å². The first kappa shape index (κ1) is 14.1. The van der Waals surface area contributed by atoms with E-state index in [2.05, 4.69) is 5.32 Å². The Morgan fingerprint density at radius 3 is 2.71 bits per heavy atom. The fourth-order valence-corrected chi connectivity index (χ4v) is 1.81. The number of benzene rings is 1. The molecule has 1 aromatic carbocycles. The third-order valence-electron chi connectivity index (χ3n) is 2.70. The molecule has 0 fully saturated rings. The summed E-state index contributed by atoms with van der Waals surface area (Å²) in [6.45, 7) is 6.20. The number of hydrogen-bond acceptors (Lipinski definition) is 2. The Kier molecular flexibility index (Phi) is 4.66. The summed E-state index contributed by atoms with van der Waals surface area (Å²) in [6.07, 6.45) is 0.0480. The minimum Gasteiger partial charge on any atom is -0.306 e. The van der Waals surface area contributed by atoms with Crippen LogP contribution in [0, 0.1) is 5.82 Å². The first-order valence-electron chi connectivity index (χ1n) is 5.59. The number of hydrogen-bond donors (Lipinski definition) is 1. The largest absolute Gasteiger partial charge is 0.306 e. The second kappa shape index (κ2) is 5.61. The second-order valence-electron chi connectivity index (χ2n) is 4.47. The van der Waals surface area contributed by atoms with Crippen molar-refractivity contribution in [1.82, 2.24) is 5.32 Å². The molecular weight excluding hydrogens is 241 g/mol. The Morgan fingerprint density at radius 1 is 1.47 bits per heavy atom. The van der Waals surface area contributed by atoms with E-state index < -0.39 is 11.4 Å². The lowest BCUT2D eigenvalue weighted by molar-refractivity contribution is -0.123. The van der Waals surface area contributed by atoms with Crippen molar-refractivity contribution in [3.05, 3.63) is 34.6 Å². The first-order chi connectivity index (χ1) is 7.88. The van der Waals surface area contributed by atoms with Crippen LogP contribution < -0.4 is 5.32 Å². The molecule has 0 saturated heterocycles. The normalized spacial score (nSPS) is 11.6. The smallest absolute Gasteiger partial charge is 0.156 e. The van der Waals surface area contributed by atoms with Crippen molar-refractivity contribution in [1.29, 1.82) is 0 Å². The highest BCUT2D eigenvalue weighted by Gasteiger charge is 2.26. The average Bonchev–Trinajstić information content (AvgIpc) is 2.24. The van der Waals surface area contributed by atoms with Crippen molar-refractivity contribution in [2.75, 3.05) is 6.54 Å². The van der Waals surface area contributed by atoms with E-state index in [1.807, 2.05) is 6.92 Å². The third-order valence-corrected chi connectivity index (χ3v) is 2.99. The Hall–Kier alpha value is -0.930. The predicted molar refractivity (Wildman–Crippen MR) is 67.9 cm³/mol. The molecule has 1 N–H and O–H groups in total. The molecule has 0 aromatic heterocycles. The first-order valence-corrected chi connectivity index (χ1v) is 5.97. The minimum atomic E-state index is -0.649. The van der Waals surface area contributed by atoms with Crippen LogP contribution in [-0.2, 0) is 11.2 Å². The van der Waals surface area contributed by atoms with E-state index in [0.717, 1.165) is 0 Å². The second-order valence-corrected chi connectivity index (χ2v) is 4.88. The van der Waals surface area contributed by atoms with Gasteiger partial charge in [-0.3, -0.25) is 4.79 Å². The fraction of sp³-hybridized carbons (Fsp3) is 0.462. The lowest BCUT2D eigenvalue weighted by atomic mass is 9.93. The van der Waals surface area contributed by atoms with E-state index in [9.17, 15) is 9.18 Å². The van der Waals surface area contributed by atoms with E-state index in [1.165, 1.54) is 6.07 Å². The van der Waals surface area contributed by atoms with Crippen molar-refractivity contribution in [2.45, 2.75) is 32.7 Å². The van der Waals surface area contributed by atoms with Crippen LogP contribution in [0.25, 0.3) is 0 Å². The molecule has 0 radical (unpaired) electrons. The Balaban J connectivity index is 2.85. The molecule has 0 spiro atoms. The summed E-state index contributed by atoms with van der Waals surface area (Å²) < 4.78 is 13.6. The summed E-state index contributed by atoms with van der Waals surface area (Å²) in [5, 5.41) is 3.12. The molecule has 1 aromatic rings. The lowest BCUT2D eigenvalue weighted by Crippen LogP contribution is -2.47. The van der Waals surface area contributed by atoms with Gasteiger partial charge in [-0.05, 0) is 32.0 Å². The molecule has 0 bridgehead atoms. The molecular formula is C13H17ClFNO. The summed E-state index contributed by atoms with van der Waals surface area (Å²) >= 11 is 5.67. The number of halogens is 2. The van der Waals surface area contributed by atoms with Crippen LogP contribution in [0.3, 0.4) is 0 Å². The van der Waals surface area contributed by atoms with Crippen molar-refractivity contribution in [3.63, 3.8) is 0 Å². The third kappa shape index (κ3) is 3.51. The lowest BCUT2D eigenvalue weighted by Gasteiger charge is -2.24. The van der Waals surface area contributed by atoms with Crippen molar-refractivity contribution < 1.29 is 9.18 Å². The van der Waals surface area contributed by atoms with Gasteiger partial charge in [0.05, 0.1) is 10.6 Å².